The molecule has 0 saturated heterocycles. The predicted molar refractivity (Wildman–Crippen MR) is 61.0 cm³/mol. The highest BCUT2D eigenvalue weighted by Gasteiger charge is 2.02. The van der Waals surface area contributed by atoms with Gasteiger partial charge in [-0.25, -0.2) is 0 Å². The number of hydrogen-bond donors (Lipinski definition) is 2. The third-order valence-corrected chi connectivity index (χ3v) is 2.51. The van der Waals surface area contributed by atoms with E-state index in [0.29, 0.717) is 0 Å². The van der Waals surface area contributed by atoms with Crippen molar-refractivity contribution in [3.05, 3.63) is 36.0 Å². The predicted octanol–water partition coefficient (Wildman–Crippen LogP) is 3.14. The summed E-state index contributed by atoms with van der Waals surface area (Å²) in [5.74, 6) is 0. The van der Waals surface area contributed by atoms with Crippen LogP contribution in [0.15, 0.2) is 36.0 Å². The molecule has 1 aromatic rings. The molecule has 0 radical (unpaired) electrons. The van der Waals surface area contributed by atoms with Gasteiger partial charge in [-0.3, -0.25) is 0 Å². The third-order valence-electron chi connectivity index (χ3n) is 2.51. The normalized spacial score (nSPS) is 16.1. The van der Waals surface area contributed by atoms with Crippen LogP contribution in [0.4, 0.5) is 11.4 Å². The lowest BCUT2D eigenvalue weighted by Gasteiger charge is -2.14. The Morgan fingerprint density at radius 1 is 1.07 bits per heavy atom. The average molecular weight is 188 g/mol. The van der Waals surface area contributed by atoms with E-state index < -0.39 is 0 Å². The number of nitrogen functional groups attached to an aromatic ring is 1. The van der Waals surface area contributed by atoms with Crippen molar-refractivity contribution >= 4 is 11.4 Å². The highest BCUT2D eigenvalue weighted by Crippen LogP contribution is 2.20. The van der Waals surface area contributed by atoms with E-state index in [1.54, 1.807) is 0 Å². The minimum absolute atomic E-state index is 0.813. The van der Waals surface area contributed by atoms with E-state index in [1.165, 1.54) is 31.4 Å². The fraction of sp³-hybridized carbons (Fsp3) is 0.333. The topological polar surface area (TPSA) is 38.0 Å². The van der Waals surface area contributed by atoms with Crippen LogP contribution >= 0.6 is 0 Å². The molecule has 0 spiro atoms. The van der Waals surface area contributed by atoms with Crippen LogP contribution in [0.5, 0.6) is 0 Å². The van der Waals surface area contributed by atoms with E-state index in [4.69, 9.17) is 5.73 Å². The Kier molecular flexibility index (Phi) is 2.73. The molecule has 14 heavy (non-hydrogen) atoms. The monoisotopic (exact) mass is 188 g/mol. The Bertz CT molecular complexity index is 325. The van der Waals surface area contributed by atoms with Gasteiger partial charge in [0.2, 0.25) is 0 Å². The maximum Gasteiger partial charge on any atom is 0.0383 e. The number of nitrogens with two attached hydrogens (primary N) is 1. The molecule has 2 nitrogen and oxygen atoms in total. The van der Waals surface area contributed by atoms with Crippen LogP contribution in [0.3, 0.4) is 0 Å². The van der Waals surface area contributed by atoms with Gasteiger partial charge in [0, 0.05) is 17.1 Å². The molecule has 2 heteroatoms. The van der Waals surface area contributed by atoms with Crippen LogP contribution in [-0.4, -0.2) is 0 Å². The highest BCUT2D eigenvalue weighted by atomic mass is 14.9. The molecule has 2 rings (SSSR count). The summed E-state index contributed by atoms with van der Waals surface area (Å²) in [5, 5.41) is 3.41. The highest BCUT2D eigenvalue weighted by molar-refractivity contribution is 5.54. The van der Waals surface area contributed by atoms with Gasteiger partial charge in [0.1, 0.15) is 0 Å². The minimum atomic E-state index is 0.813. The molecular formula is C12H16N2. The molecule has 0 bridgehead atoms. The molecule has 3 N–H and O–H groups in total. The van der Waals surface area contributed by atoms with Crippen molar-refractivity contribution in [1.29, 1.82) is 0 Å². The maximum atomic E-state index is 5.62. The summed E-state index contributed by atoms with van der Waals surface area (Å²) in [7, 11) is 0. The molecule has 74 valence electrons. The van der Waals surface area contributed by atoms with Crippen LogP contribution in [0.1, 0.15) is 25.7 Å². The Hall–Kier alpha value is -1.44. The summed E-state index contributed by atoms with van der Waals surface area (Å²) >= 11 is 0. The molecule has 0 amide bonds. The summed E-state index contributed by atoms with van der Waals surface area (Å²) in [6.45, 7) is 0. The largest absolute Gasteiger partial charge is 0.399 e. The number of nitrogens with one attached hydrogen (secondary N) is 1. The molecule has 0 fully saturated rings. The standard InChI is InChI=1S/C12H16N2/c13-10-6-8-12(9-7-10)14-11-4-2-1-3-5-11/h4,6-9,14H,1-3,5,13H2. The van der Waals surface area contributed by atoms with Gasteiger partial charge in [0.15, 0.2) is 0 Å². The van der Waals surface area contributed by atoms with Gasteiger partial charge in [-0.2, -0.15) is 0 Å². The number of hydrogen-bond acceptors (Lipinski definition) is 2. The van der Waals surface area contributed by atoms with Gasteiger partial charge in [-0.1, -0.05) is 6.08 Å². The van der Waals surface area contributed by atoms with Gasteiger partial charge in [0.25, 0.3) is 0 Å². The van der Waals surface area contributed by atoms with Crippen molar-refractivity contribution in [1.82, 2.24) is 0 Å². The number of anilines is 2. The molecule has 0 unspecified atom stereocenters. The summed E-state index contributed by atoms with van der Waals surface area (Å²) in [6.07, 6.45) is 7.29. The van der Waals surface area contributed by atoms with Crippen LogP contribution in [0, 0.1) is 0 Å². The van der Waals surface area contributed by atoms with Crippen LogP contribution in [-0.2, 0) is 0 Å². The molecule has 1 aromatic carbocycles. The van der Waals surface area contributed by atoms with E-state index in [9.17, 15) is 0 Å². The molecule has 0 heterocycles. The second-order valence-electron chi connectivity index (χ2n) is 3.72. The first-order chi connectivity index (χ1) is 6.84. The molecular weight excluding hydrogens is 172 g/mol. The van der Waals surface area contributed by atoms with Gasteiger partial charge in [-0.15, -0.1) is 0 Å². The quantitative estimate of drug-likeness (QED) is 0.700. The SMILES string of the molecule is Nc1ccc(NC2=CCCCC2)cc1. The Balaban J connectivity index is 2.03. The van der Waals surface area contributed by atoms with Gasteiger partial charge < -0.3 is 11.1 Å². The van der Waals surface area contributed by atoms with E-state index in [-0.39, 0.29) is 0 Å². The zero-order valence-corrected chi connectivity index (χ0v) is 8.29. The van der Waals surface area contributed by atoms with E-state index in [0.717, 1.165) is 11.4 Å². The lowest BCUT2D eigenvalue weighted by molar-refractivity contribution is 0.704. The smallest absolute Gasteiger partial charge is 0.0383 e. The Morgan fingerprint density at radius 2 is 1.86 bits per heavy atom. The van der Waals surface area contributed by atoms with Crippen molar-refractivity contribution in [2.45, 2.75) is 25.7 Å². The van der Waals surface area contributed by atoms with E-state index >= 15 is 0 Å². The van der Waals surface area contributed by atoms with Crippen molar-refractivity contribution in [2.24, 2.45) is 0 Å². The Labute approximate surface area is 84.8 Å². The van der Waals surface area contributed by atoms with Crippen molar-refractivity contribution in [3.63, 3.8) is 0 Å². The van der Waals surface area contributed by atoms with Crippen LogP contribution in [0.25, 0.3) is 0 Å². The number of benzene rings is 1. The number of rotatable bonds is 2. The fourth-order valence-electron chi connectivity index (χ4n) is 1.70. The van der Waals surface area contributed by atoms with E-state index in [1.807, 2.05) is 24.3 Å². The molecule has 0 aliphatic heterocycles. The molecule has 0 saturated carbocycles. The van der Waals surface area contributed by atoms with Crippen molar-refractivity contribution in [2.75, 3.05) is 11.1 Å². The molecule has 1 aliphatic rings. The fourth-order valence-corrected chi connectivity index (χ4v) is 1.70. The zero-order chi connectivity index (χ0) is 9.80. The zero-order valence-electron chi connectivity index (χ0n) is 8.29. The van der Waals surface area contributed by atoms with Crippen molar-refractivity contribution in [3.8, 4) is 0 Å². The second kappa shape index (κ2) is 4.18. The lowest BCUT2D eigenvalue weighted by atomic mass is 10.0. The van der Waals surface area contributed by atoms with Gasteiger partial charge >= 0.3 is 0 Å². The lowest BCUT2D eigenvalue weighted by Crippen LogP contribution is -2.02. The van der Waals surface area contributed by atoms with Gasteiger partial charge in [-0.05, 0) is 49.9 Å². The second-order valence-corrected chi connectivity index (χ2v) is 3.72. The number of allylic oxidation sites excluding steroid dienone is 2. The molecule has 0 aromatic heterocycles. The summed E-state index contributed by atoms with van der Waals surface area (Å²) in [5.41, 5.74) is 8.91. The first-order valence-corrected chi connectivity index (χ1v) is 5.16. The minimum Gasteiger partial charge on any atom is -0.399 e. The summed E-state index contributed by atoms with van der Waals surface area (Å²) < 4.78 is 0. The maximum absolute atomic E-state index is 5.62. The third kappa shape index (κ3) is 2.28. The van der Waals surface area contributed by atoms with Gasteiger partial charge in [0.05, 0.1) is 0 Å². The molecule has 1 aliphatic carbocycles. The summed E-state index contributed by atoms with van der Waals surface area (Å²) in [6, 6.07) is 7.88. The van der Waals surface area contributed by atoms with Crippen molar-refractivity contribution < 1.29 is 0 Å². The Morgan fingerprint density at radius 3 is 2.50 bits per heavy atom. The van der Waals surface area contributed by atoms with Crippen LogP contribution in [0.2, 0.25) is 0 Å². The summed E-state index contributed by atoms with van der Waals surface area (Å²) in [4.78, 5) is 0. The average Bonchev–Trinajstić information content (AvgIpc) is 2.23. The van der Waals surface area contributed by atoms with Crippen LogP contribution < -0.4 is 11.1 Å². The molecule has 0 atom stereocenters. The first kappa shape index (κ1) is 9.13. The first-order valence-electron chi connectivity index (χ1n) is 5.16. The van der Waals surface area contributed by atoms with E-state index in [2.05, 4.69) is 11.4 Å².